The Balaban J connectivity index is 3.49. The van der Waals surface area contributed by atoms with Crippen LogP contribution in [-0.2, 0) is 15.6 Å². The Morgan fingerprint density at radius 1 is 1.57 bits per heavy atom. The molecule has 0 fully saturated rings. The summed E-state index contributed by atoms with van der Waals surface area (Å²) < 4.78 is 11.0. The molecule has 0 radical (unpaired) electrons. The average Bonchev–Trinajstić information content (AvgIpc) is 2.17. The Hall–Kier alpha value is -0.420. The van der Waals surface area contributed by atoms with E-state index in [1.165, 1.54) is 0 Å². The smallest absolute Gasteiger partial charge is 0.220 e. The van der Waals surface area contributed by atoms with Gasteiger partial charge in [-0.15, -0.1) is 0 Å². The molecular formula is C9H20N2O2S. The Morgan fingerprint density at radius 2 is 2.21 bits per heavy atom. The van der Waals surface area contributed by atoms with Crippen LogP contribution < -0.4 is 11.1 Å². The van der Waals surface area contributed by atoms with Crippen molar-refractivity contribution in [3.63, 3.8) is 0 Å². The third-order valence-corrected chi connectivity index (χ3v) is 3.21. The van der Waals surface area contributed by atoms with Crippen LogP contribution in [0.3, 0.4) is 0 Å². The molecule has 14 heavy (non-hydrogen) atoms. The third kappa shape index (κ3) is 7.03. The summed E-state index contributed by atoms with van der Waals surface area (Å²) in [4.78, 5) is 11.2. The van der Waals surface area contributed by atoms with E-state index in [4.69, 9.17) is 5.73 Å². The van der Waals surface area contributed by atoms with Gasteiger partial charge in [0, 0.05) is 35.3 Å². The van der Waals surface area contributed by atoms with Crippen molar-refractivity contribution < 1.29 is 9.00 Å². The van der Waals surface area contributed by atoms with Crippen LogP contribution in [0.2, 0.25) is 0 Å². The number of hydrogen-bond donors (Lipinski definition) is 2. The highest BCUT2D eigenvalue weighted by molar-refractivity contribution is 7.84. The highest BCUT2D eigenvalue weighted by Gasteiger charge is 2.06. The summed E-state index contributed by atoms with van der Waals surface area (Å²) in [5.41, 5.74) is 5.39. The summed E-state index contributed by atoms with van der Waals surface area (Å²) in [6, 6.07) is 0. The molecule has 2 atom stereocenters. The van der Waals surface area contributed by atoms with Crippen molar-refractivity contribution in [1.82, 2.24) is 5.32 Å². The van der Waals surface area contributed by atoms with E-state index in [0.29, 0.717) is 31.0 Å². The second-order valence-electron chi connectivity index (χ2n) is 3.33. The number of nitrogens with two attached hydrogens (primary N) is 1. The lowest BCUT2D eigenvalue weighted by molar-refractivity contribution is -0.121. The SMILES string of the molecule is CCS(=O)CCNC(=O)CC(C)CN. The van der Waals surface area contributed by atoms with Crippen LogP contribution in [-0.4, -0.2) is 34.7 Å². The summed E-state index contributed by atoms with van der Waals surface area (Å²) >= 11 is 0. The molecule has 0 aliphatic rings. The third-order valence-electron chi connectivity index (χ3n) is 1.91. The van der Waals surface area contributed by atoms with Gasteiger partial charge in [-0.3, -0.25) is 9.00 Å². The van der Waals surface area contributed by atoms with Gasteiger partial charge in [0.1, 0.15) is 0 Å². The molecule has 0 aliphatic heterocycles. The lowest BCUT2D eigenvalue weighted by Gasteiger charge is -2.08. The zero-order valence-electron chi connectivity index (χ0n) is 8.91. The number of nitrogens with one attached hydrogen (secondary N) is 1. The number of amides is 1. The summed E-state index contributed by atoms with van der Waals surface area (Å²) in [6.45, 7) is 4.82. The van der Waals surface area contributed by atoms with Gasteiger partial charge < -0.3 is 11.1 Å². The number of carbonyl (C=O) groups excluding carboxylic acids is 1. The average molecular weight is 220 g/mol. The standard InChI is InChI=1S/C9H20N2O2S/c1-3-14(13)5-4-11-9(12)6-8(2)7-10/h8H,3-7,10H2,1-2H3,(H,11,12). The van der Waals surface area contributed by atoms with E-state index in [1.54, 1.807) is 0 Å². The van der Waals surface area contributed by atoms with Gasteiger partial charge in [-0.2, -0.15) is 0 Å². The van der Waals surface area contributed by atoms with E-state index >= 15 is 0 Å². The molecule has 2 unspecified atom stereocenters. The molecule has 0 saturated heterocycles. The van der Waals surface area contributed by atoms with Gasteiger partial charge in [-0.25, -0.2) is 0 Å². The summed E-state index contributed by atoms with van der Waals surface area (Å²) in [5, 5.41) is 2.73. The number of hydrogen-bond acceptors (Lipinski definition) is 3. The lowest BCUT2D eigenvalue weighted by atomic mass is 10.1. The first-order chi connectivity index (χ1) is 6.60. The van der Waals surface area contributed by atoms with Crippen LogP contribution in [0.25, 0.3) is 0 Å². The molecule has 3 N–H and O–H groups in total. The fourth-order valence-corrected chi connectivity index (χ4v) is 1.54. The maximum atomic E-state index is 11.2. The minimum absolute atomic E-state index is 0.00365. The normalized spacial score (nSPS) is 14.8. The van der Waals surface area contributed by atoms with E-state index < -0.39 is 10.8 Å². The quantitative estimate of drug-likeness (QED) is 0.627. The minimum atomic E-state index is -0.797. The van der Waals surface area contributed by atoms with Gasteiger partial charge >= 0.3 is 0 Å². The van der Waals surface area contributed by atoms with Crippen LogP contribution in [0.15, 0.2) is 0 Å². The Morgan fingerprint density at radius 3 is 2.71 bits per heavy atom. The molecule has 0 rings (SSSR count). The van der Waals surface area contributed by atoms with Gasteiger partial charge in [0.2, 0.25) is 5.91 Å². The van der Waals surface area contributed by atoms with E-state index in [9.17, 15) is 9.00 Å². The zero-order chi connectivity index (χ0) is 11.0. The first kappa shape index (κ1) is 13.6. The molecule has 0 saturated carbocycles. The molecule has 0 aromatic carbocycles. The molecule has 0 aromatic rings. The Kier molecular flexibility index (Phi) is 7.70. The van der Waals surface area contributed by atoms with E-state index in [2.05, 4.69) is 5.32 Å². The predicted molar refractivity (Wildman–Crippen MR) is 59.4 cm³/mol. The molecule has 4 nitrogen and oxygen atoms in total. The highest BCUT2D eigenvalue weighted by atomic mass is 32.2. The van der Waals surface area contributed by atoms with E-state index in [-0.39, 0.29) is 11.8 Å². The fourth-order valence-electron chi connectivity index (χ4n) is 0.921. The summed E-state index contributed by atoms with van der Waals surface area (Å²) in [6.07, 6.45) is 0.454. The number of carbonyl (C=O) groups is 1. The highest BCUT2D eigenvalue weighted by Crippen LogP contribution is 1.97. The molecule has 0 aliphatic carbocycles. The van der Waals surface area contributed by atoms with Gasteiger partial charge in [0.25, 0.3) is 0 Å². The van der Waals surface area contributed by atoms with Gasteiger partial charge in [-0.1, -0.05) is 13.8 Å². The van der Waals surface area contributed by atoms with Crippen LogP contribution in [0.4, 0.5) is 0 Å². The van der Waals surface area contributed by atoms with Gasteiger partial charge in [-0.05, 0) is 12.5 Å². The van der Waals surface area contributed by atoms with Crippen LogP contribution >= 0.6 is 0 Å². The van der Waals surface area contributed by atoms with Crippen molar-refractivity contribution in [1.29, 1.82) is 0 Å². The largest absolute Gasteiger partial charge is 0.355 e. The maximum absolute atomic E-state index is 11.2. The summed E-state index contributed by atoms with van der Waals surface area (Å²) in [7, 11) is -0.797. The molecule has 0 spiro atoms. The summed E-state index contributed by atoms with van der Waals surface area (Å²) in [5.74, 6) is 1.40. The van der Waals surface area contributed by atoms with Crippen molar-refractivity contribution >= 4 is 16.7 Å². The second kappa shape index (κ2) is 7.94. The maximum Gasteiger partial charge on any atom is 0.220 e. The topological polar surface area (TPSA) is 72.2 Å². The van der Waals surface area contributed by atoms with Gasteiger partial charge in [0.15, 0.2) is 0 Å². The Bertz CT molecular complexity index is 197. The first-order valence-electron chi connectivity index (χ1n) is 4.91. The van der Waals surface area contributed by atoms with E-state index in [1.807, 2.05) is 13.8 Å². The van der Waals surface area contributed by atoms with Crippen LogP contribution in [0.5, 0.6) is 0 Å². The van der Waals surface area contributed by atoms with Crippen molar-refractivity contribution in [2.75, 3.05) is 24.6 Å². The molecular weight excluding hydrogens is 200 g/mol. The molecule has 0 heterocycles. The molecule has 0 bridgehead atoms. The molecule has 0 aromatic heterocycles. The monoisotopic (exact) mass is 220 g/mol. The van der Waals surface area contributed by atoms with Crippen molar-refractivity contribution in [3.05, 3.63) is 0 Å². The molecule has 5 heteroatoms. The van der Waals surface area contributed by atoms with Gasteiger partial charge in [0.05, 0.1) is 0 Å². The molecule has 1 amide bonds. The zero-order valence-corrected chi connectivity index (χ0v) is 9.73. The fraction of sp³-hybridized carbons (Fsp3) is 0.889. The van der Waals surface area contributed by atoms with Crippen molar-refractivity contribution in [2.24, 2.45) is 11.7 Å². The first-order valence-corrected chi connectivity index (χ1v) is 6.40. The Labute approximate surface area is 88.1 Å². The van der Waals surface area contributed by atoms with Crippen LogP contribution in [0, 0.1) is 5.92 Å². The molecule has 84 valence electrons. The van der Waals surface area contributed by atoms with Crippen LogP contribution in [0.1, 0.15) is 20.3 Å². The van der Waals surface area contributed by atoms with Crippen molar-refractivity contribution in [3.8, 4) is 0 Å². The lowest BCUT2D eigenvalue weighted by Crippen LogP contribution is -2.30. The second-order valence-corrected chi connectivity index (χ2v) is 5.19. The van der Waals surface area contributed by atoms with Crippen molar-refractivity contribution in [2.45, 2.75) is 20.3 Å². The van der Waals surface area contributed by atoms with E-state index in [0.717, 1.165) is 0 Å². The minimum Gasteiger partial charge on any atom is -0.355 e. The predicted octanol–water partition coefficient (Wildman–Crippen LogP) is -0.144. The number of rotatable bonds is 7.